The van der Waals surface area contributed by atoms with Gasteiger partial charge in [-0.2, -0.15) is 5.10 Å². The Morgan fingerprint density at radius 3 is 2.66 bits per heavy atom. The first-order valence-electron chi connectivity index (χ1n) is 9.97. The van der Waals surface area contributed by atoms with Gasteiger partial charge in [-0.1, -0.05) is 0 Å². The van der Waals surface area contributed by atoms with Crippen molar-refractivity contribution >= 4 is 34.8 Å². The number of aryl methyl sites for hydroxylation is 1. The number of rotatable bonds is 7. The Labute approximate surface area is 170 Å². The Balaban J connectivity index is 0.000000284. The van der Waals surface area contributed by atoms with Crippen LogP contribution in [0.2, 0.25) is 0 Å². The Hall–Kier alpha value is -2.90. The number of carbonyl (C=O) groups is 3. The number of nitrogens with one attached hydrogen (secondary N) is 1. The number of hydrogen-bond donors (Lipinski definition) is 2. The molecule has 1 fully saturated rings. The van der Waals surface area contributed by atoms with E-state index in [4.69, 9.17) is 5.11 Å². The number of nitrogens with zero attached hydrogens (tertiary/aromatic N) is 3. The molecule has 1 amide bonds. The third-order valence-electron chi connectivity index (χ3n) is 5.18. The Bertz CT molecular complexity index is 825. The number of piperidine rings is 1. The van der Waals surface area contributed by atoms with E-state index in [0.717, 1.165) is 43.1 Å². The van der Waals surface area contributed by atoms with Crippen LogP contribution in [0.3, 0.4) is 0 Å². The van der Waals surface area contributed by atoms with Crippen molar-refractivity contribution in [3.05, 3.63) is 24.4 Å². The summed E-state index contributed by atoms with van der Waals surface area (Å²) in [5.74, 6) is -0.360. The molecule has 0 saturated carbocycles. The lowest BCUT2D eigenvalue weighted by atomic mass is 9.93. The van der Waals surface area contributed by atoms with E-state index in [1.807, 2.05) is 17.9 Å². The average molecular weight is 402 g/mol. The van der Waals surface area contributed by atoms with Crippen molar-refractivity contribution < 1.29 is 19.5 Å². The fourth-order valence-electron chi connectivity index (χ4n) is 3.44. The molecule has 1 aromatic carbocycles. The van der Waals surface area contributed by atoms with E-state index in [1.54, 1.807) is 7.05 Å². The highest BCUT2D eigenvalue weighted by Crippen LogP contribution is 2.27. The van der Waals surface area contributed by atoms with E-state index < -0.39 is 5.97 Å². The Kier molecular flexibility index (Phi) is 8.64. The molecule has 0 bridgehead atoms. The molecule has 2 heterocycles. The molecule has 3 rings (SSSR count). The van der Waals surface area contributed by atoms with Gasteiger partial charge in [0, 0.05) is 57.5 Å². The summed E-state index contributed by atoms with van der Waals surface area (Å²) in [6, 6.07) is 6.39. The minimum absolute atomic E-state index is 0.00292. The first-order chi connectivity index (χ1) is 13.9. The van der Waals surface area contributed by atoms with Crippen molar-refractivity contribution in [2.75, 3.05) is 25.0 Å². The smallest absolute Gasteiger partial charge is 0.303 e. The Morgan fingerprint density at radius 1 is 1.31 bits per heavy atom. The number of aromatic nitrogens is 2. The number of unbranched alkanes of at least 4 members (excludes halogenated alkanes) is 1. The number of carbonyl (C=O) groups excluding carboxylic acids is 2. The number of amides is 1. The molecule has 8 heteroatoms. The zero-order valence-electron chi connectivity index (χ0n) is 17.1. The molecule has 1 aliphatic heterocycles. The molecule has 0 unspecified atom stereocenters. The van der Waals surface area contributed by atoms with Crippen molar-refractivity contribution in [1.82, 2.24) is 15.1 Å². The first-order valence-corrected chi connectivity index (χ1v) is 9.97. The third-order valence-corrected chi connectivity index (χ3v) is 5.18. The number of hydrogen-bond acceptors (Lipinski definition) is 5. The quantitative estimate of drug-likeness (QED) is 0.544. The van der Waals surface area contributed by atoms with Crippen LogP contribution in [0.1, 0.15) is 38.5 Å². The van der Waals surface area contributed by atoms with Gasteiger partial charge < -0.3 is 20.1 Å². The number of fused-ring (bicyclic) bond motifs is 1. The number of benzene rings is 1. The molecule has 29 heavy (non-hydrogen) atoms. The van der Waals surface area contributed by atoms with Crippen LogP contribution in [-0.4, -0.2) is 53.2 Å². The van der Waals surface area contributed by atoms with Gasteiger partial charge in [0.2, 0.25) is 5.91 Å². The highest BCUT2D eigenvalue weighted by Gasteiger charge is 2.21. The van der Waals surface area contributed by atoms with E-state index in [0.29, 0.717) is 31.6 Å². The maximum Gasteiger partial charge on any atom is 0.303 e. The van der Waals surface area contributed by atoms with Gasteiger partial charge >= 0.3 is 5.97 Å². The van der Waals surface area contributed by atoms with E-state index >= 15 is 0 Å². The van der Waals surface area contributed by atoms with Crippen LogP contribution in [0.15, 0.2) is 24.4 Å². The zero-order chi connectivity index (χ0) is 21.2. The van der Waals surface area contributed by atoms with Gasteiger partial charge in [0.25, 0.3) is 0 Å². The molecule has 1 aromatic heterocycles. The van der Waals surface area contributed by atoms with Crippen LogP contribution in [0.25, 0.3) is 10.9 Å². The van der Waals surface area contributed by atoms with Crippen LogP contribution in [-0.2, 0) is 21.4 Å². The monoisotopic (exact) mass is 402 g/mol. The third kappa shape index (κ3) is 6.89. The van der Waals surface area contributed by atoms with E-state index in [9.17, 15) is 14.4 Å². The lowest BCUT2D eigenvalue weighted by Gasteiger charge is -2.33. The number of aldehydes is 1. The predicted molar refractivity (Wildman–Crippen MR) is 112 cm³/mol. The lowest BCUT2D eigenvalue weighted by molar-refractivity contribution is -0.138. The van der Waals surface area contributed by atoms with Gasteiger partial charge in [0.15, 0.2) is 0 Å². The van der Waals surface area contributed by atoms with Crippen LogP contribution >= 0.6 is 0 Å². The highest BCUT2D eigenvalue weighted by molar-refractivity contribution is 5.82. The molecule has 0 atom stereocenters. The number of carboxylic acids is 1. The number of carboxylic acid groups (broad SMARTS) is 1. The second-order valence-corrected chi connectivity index (χ2v) is 7.27. The van der Waals surface area contributed by atoms with Crippen LogP contribution in [0, 0.1) is 5.92 Å². The minimum Gasteiger partial charge on any atom is -0.481 e. The van der Waals surface area contributed by atoms with Crippen molar-refractivity contribution in [3.8, 4) is 0 Å². The van der Waals surface area contributed by atoms with Crippen molar-refractivity contribution in [2.24, 2.45) is 13.0 Å². The van der Waals surface area contributed by atoms with Gasteiger partial charge in [0.05, 0.1) is 11.7 Å². The largest absolute Gasteiger partial charge is 0.481 e. The second kappa shape index (κ2) is 11.2. The fraction of sp³-hybridized carbons (Fsp3) is 0.524. The normalized spacial score (nSPS) is 14.2. The topological polar surface area (TPSA) is 105 Å². The second-order valence-electron chi connectivity index (χ2n) is 7.27. The first kappa shape index (κ1) is 22.4. The molecule has 0 aliphatic carbocycles. The van der Waals surface area contributed by atoms with Gasteiger partial charge in [0.1, 0.15) is 6.29 Å². The van der Waals surface area contributed by atoms with Gasteiger partial charge in [-0.25, -0.2) is 0 Å². The maximum absolute atomic E-state index is 10.8. The SMILES string of the molecule is CNC(=O)CCCC=O.Cn1ncc2ccc(N3CCC(CC(=O)O)CC3)cc21. The molecular weight excluding hydrogens is 372 g/mol. The molecule has 1 aliphatic rings. The molecule has 1 saturated heterocycles. The molecular formula is C21H30N4O4. The van der Waals surface area contributed by atoms with Gasteiger partial charge in [-0.3, -0.25) is 14.3 Å². The van der Waals surface area contributed by atoms with E-state index in [2.05, 4.69) is 33.5 Å². The molecule has 8 nitrogen and oxygen atoms in total. The predicted octanol–water partition coefficient (Wildman–Crippen LogP) is 2.37. The van der Waals surface area contributed by atoms with Crippen LogP contribution < -0.4 is 10.2 Å². The summed E-state index contributed by atoms with van der Waals surface area (Å²) in [4.78, 5) is 33.3. The van der Waals surface area contributed by atoms with E-state index in [-0.39, 0.29) is 5.91 Å². The maximum atomic E-state index is 10.8. The van der Waals surface area contributed by atoms with Crippen molar-refractivity contribution in [3.63, 3.8) is 0 Å². The lowest BCUT2D eigenvalue weighted by Crippen LogP contribution is -2.34. The summed E-state index contributed by atoms with van der Waals surface area (Å²) in [5, 5.41) is 16.7. The number of aliphatic carboxylic acids is 1. The van der Waals surface area contributed by atoms with Gasteiger partial charge in [-0.15, -0.1) is 0 Å². The molecule has 0 radical (unpaired) electrons. The summed E-state index contributed by atoms with van der Waals surface area (Å²) >= 11 is 0. The fourth-order valence-corrected chi connectivity index (χ4v) is 3.44. The average Bonchev–Trinajstić information content (AvgIpc) is 3.09. The summed E-state index contributed by atoms with van der Waals surface area (Å²) in [6.07, 6.45) is 6.49. The number of anilines is 1. The van der Waals surface area contributed by atoms with Crippen LogP contribution in [0.5, 0.6) is 0 Å². The summed E-state index contributed by atoms with van der Waals surface area (Å²) in [5.41, 5.74) is 2.34. The van der Waals surface area contributed by atoms with E-state index in [1.165, 1.54) is 5.69 Å². The molecule has 158 valence electrons. The molecule has 2 aromatic rings. The molecule has 0 spiro atoms. The van der Waals surface area contributed by atoms with Crippen molar-refractivity contribution in [1.29, 1.82) is 0 Å². The summed E-state index contributed by atoms with van der Waals surface area (Å²) < 4.78 is 1.88. The standard InChI is InChI=1S/C15H19N3O2.C6H11NO2/c1-17-14-9-13(3-2-12(14)10-16-17)18-6-4-11(5-7-18)8-15(19)20;1-7-6(9)4-2-3-5-8/h2-3,9-11H,4-8H2,1H3,(H,19,20);5H,2-4H2,1H3,(H,7,9). The summed E-state index contributed by atoms with van der Waals surface area (Å²) in [7, 11) is 3.54. The Morgan fingerprint density at radius 2 is 2.03 bits per heavy atom. The highest BCUT2D eigenvalue weighted by atomic mass is 16.4. The van der Waals surface area contributed by atoms with Crippen LogP contribution in [0.4, 0.5) is 5.69 Å². The minimum atomic E-state index is -0.681. The summed E-state index contributed by atoms with van der Waals surface area (Å²) in [6.45, 7) is 1.86. The van der Waals surface area contributed by atoms with Gasteiger partial charge in [-0.05, 0) is 43.4 Å². The zero-order valence-corrected chi connectivity index (χ0v) is 17.1. The van der Waals surface area contributed by atoms with Crippen molar-refractivity contribution in [2.45, 2.75) is 38.5 Å². The molecule has 2 N–H and O–H groups in total.